The minimum atomic E-state index is -0.228. The van der Waals surface area contributed by atoms with Gasteiger partial charge in [-0.1, -0.05) is 41.1 Å². The number of nitriles is 1. The summed E-state index contributed by atoms with van der Waals surface area (Å²) in [5.74, 6) is 1.18. The fourth-order valence-corrected chi connectivity index (χ4v) is 5.18. The maximum absolute atomic E-state index is 13.1. The van der Waals surface area contributed by atoms with Gasteiger partial charge in [-0.3, -0.25) is 4.79 Å². The summed E-state index contributed by atoms with van der Waals surface area (Å²) in [4.78, 5) is 17.7. The molecule has 0 aliphatic rings. The number of fused-ring (bicyclic) bond motifs is 1. The predicted molar refractivity (Wildman–Crippen MR) is 143 cm³/mol. The molecule has 0 aliphatic carbocycles. The zero-order valence-electron chi connectivity index (χ0n) is 17.9. The zero-order valence-corrected chi connectivity index (χ0v) is 22.7. The summed E-state index contributed by atoms with van der Waals surface area (Å²) in [6.07, 6.45) is 2.17. The molecule has 9 heteroatoms. The average molecular weight is 645 g/mol. The summed E-state index contributed by atoms with van der Waals surface area (Å²) in [5, 5.41) is 14.2. The molecule has 0 saturated heterocycles. The van der Waals surface area contributed by atoms with Crippen LogP contribution in [0.4, 0.5) is 0 Å². The largest absolute Gasteiger partial charge is 0.486 e. The lowest BCUT2D eigenvalue weighted by atomic mass is 10.1. The van der Waals surface area contributed by atoms with Crippen LogP contribution in [0.5, 0.6) is 5.75 Å². The molecule has 1 aromatic heterocycles. The van der Waals surface area contributed by atoms with Crippen LogP contribution in [0.1, 0.15) is 29.4 Å². The minimum absolute atomic E-state index is 0.228. The highest BCUT2D eigenvalue weighted by atomic mass is 79.9. The smallest absolute Gasteiger partial charge is 0.282 e. The summed E-state index contributed by atoms with van der Waals surface area (Å²) in [5.41, 5.74) is 2.55. The molecule has 4 rings (SSSR count). The van der Waals surface area contributed by atoms with Gasteiger partial charge in [0.05, 0.1) is 37.7 Å². The Bertz CT molecular complexity index is 1500. The average Bonchev–Trinajstić information content (AvgIpc) is 2.83. The Kier molecular flexibility index (Phi) is 7.61. The van der Waals surface area contributed by atoms with Gasteiger partial charge in [0, 0.05) is 16.5 Å². The second kappa shape index (κ2) is 10.6. The molecule has 0 bridgehead atoms. The molecule has 0 amide bonds. The molecule has 0 unspecified atom stereocenters. The first-order valence-electron chi connectivity index (χ1n) is 10.3. The Hall–Kier alpha value is -2.80. The van der Waals surface area contributed by atoms with Crippen molar-refractivity contribution in [1.29, 1.82) is 5.26 Å². The van der Waals surface area contributed by atoms with Crippen LogP contribution >= 0.6 is 47.8 Å². The number of hydrogen-bond donors (Lipinski definition) is 0. The van der Waals surface area contributed by atoms with Crippen molar-refractivity contribution < 1.29 is 4.74 Å². The molecule has 1 heterocycles. The molecule has 0 N–H and O–H groups in total. The third-order valence-electron chi connectivity index (χ3n) is 5.04. The molecule has 4 aromatic rings. The lowest BCUT2D eigenvalue weighted by Gasteiger charge is -2.12. The van der Waals surface area contributed by atoms with Gasteiger partial charge in [-0.15, -0.1) is 0 Å². The molecule has 0 saturated carbocycles. The van der Waals surface area contributed by atoms with Gasteiger partial charge in [-0.25, -0.2) is 4.98 Å². The standard InChI is InChI=1S/C25H17Br3N4O2/c1-2-23-31-22-8-7-18(26)11-19(22)25(33)32(23)30-13-15-9-20(27)24(21(28)10-15)34-14-17-6-4-3-5-16(17)12-29/h3-11,13H,2,14H2,1H3. The monoisotopic (exact) mass is 642 g/mol. The molecule has 3 aromatic carbocycles. The lowest BCUT2D eigenvalue weighted by Crippen LogP contribution is -2.22. The molecule has 0 radical (unpaired) electrons. The Balaban J connectivity index is 1.63. The minimum Gasteiger partial charge on any atom is -0.486 e. The van der Waals surface area contributed by atoms with Gasteiger partial charge in [-0.2, -0.15) is 15.0 Å². The summed E-state index contributed by atoms with van der Waals surface area (Å²) in [6.45, 7) is 2.18. The Morgan fingerprint density at radius 3 is 2.56 bits per heavy atom. The number of rotatable bonds is 6. The van der Waals surface area contributed by atoms with Crippen LogP contribution < -0.4 is 10.3 Å². The van der Waals surface area contributed by atoms with Crippen molar-refractivity contribution in [3.05, 3.63) is 101 Å². The number of nitrogens with zero attached hydrogens (tertiary/aromatic N) is 4. The molecular formula is C25H17Br3N4O2. The van der Waals surface area contributed by atoms with Crippen molar-refractivity contribution in [2.24, 2.45) is 5.10 Å². The van der Waals surface area contributed by atoms with E-state index in [0.717, 1.165) is 15.6 Å². The first-order valence-corrected chi connectivity index (χ1v) is 12.6. The normalized spacial score (nSPS) is 11.1. The second-order valence-corrected chi connectivity index (χ2v) is 9.90. The molecule has 6 nitrogen and oxygen atoms in total. The Morgan fingerprint density at radius 1 is 1.12 bits per heavy atom. The van der Waals surface area contributed by atoms with E-state index >= 15 is 0 Å². The molecule has 34 heavy (non-hydrogen) atoms. The quantitative estimate of drug-likeness (QED) is 0.222. The SMILES string of the molecule is CCc1nc2ccc(Br)cc2c(=O)n1N=Cc1cc(Br)c(OCc2ccccc2C#N)c(Br)c1. The number of aryl methyl sites for hydroxylation is 1. The van der Waals surface area contributed by atoms with Crippen molar-refractivity contribution in [2.45, 2.75) is 20.0 Å². The van der Waals surface area contributed by atoms with Crippen LogP contribution in [0.25, 0.3) is 10.9 Å². The van der Waals surface area contributed by atoms with Crippen molar-refractivity contribution in [1.82, 2.24) is 9.66 Å². The van der Waals surface area contributed by atoms with Gasteiger partial charge >= 0.3 is 0 Å². The van der Waals surface area contributed by atoms with E-state index < -0.39 is 0 Å². The van der Waals surface area contributed by atoms with Crippen LogP contribution in [0.3, 0.4) is 0 Å². The van der Waals surface area contributed by atoms with Crippen molar-refractivity contribution in [3.8, 4) is 11.8 Å². The third kappa shape index (κ3) is 5.14. The number of hydrogen-bond acceptors (Lipinski definition) is 5. The van der Waals surface area contributed by atoms with Crippen LogP contribution in [-0.4, -0.2) is 15.9 Å². The first-order chi connectivity index (χ1) is 16.4. The van der Waals surface area contributed by atoms with Gasteiger partial charge < -0.3 is 4.74 Å². The predicted octanol–water partition coefficient (Wildman–Crippen LogP) is 6.58. The summed E-state index contributed by atoms with van der Waals surface area (Å²) >= 11 is 10.5. The molecule has 0 aliphatic heterocycles. The number of benzene rings is 3. The van der Waals surface area contributed by atoms with E-state index in [-0.39, 0.29) is 12.2 Å². The third-order valence-corrected chi connectivity index (χ3v) is 6.72. The van der Waals surface area contributed by atoms with Crippen LogP contribution in [0.2, 0.25) is 0 Å². The number of ether oxygens (including phenoxy) is 1. The van der Waals surface area contributed by atoms with Crippen molar-refractivity contribution in [2.75, 3.05) is 0 Å². The first kappa shape index (κ1) is 24.3. The van der Waals surface area contributed by atoms with E-state index in [2.05, 4.69) is 63.9 Å². The highest BCUT2D eigenvalue weighted by molar-refractivity contribution is 9.11. The van der Waals surface area contributed by atoms with E-state index in [1.807, 2.05) is 49.4 Å². The van der Waals surface area contributed by atoms with Crippen molar-refractivity contribution >= 4 is 64.9 Å². The van der Waals surface area contributed by atoms with Gasteiger partial charge in [0.1, 0.15) is 18.2 Å². The summed E-state index contributed by atoms with van der Waals surface area (Å²) in [7, 11) is 0. The number of halogens is 3. The van der Waals surface area contributed by atoms with Gasteiger partial charge in [0.2, 0.25) is 0 Å². The molecule has 170 valence electrons. The van der Waals surface area contributed by atoms with Crippen LogP contribution in [0.15, 0.2) is 77.9 Å². The summed E-state index contributed by atoms with van der Waals surface area (Å²) in [6, 6.07) is 18.6. The Labute approximate surface area is 221 Å². The van der Waals surface area contributed by atoms with E-state index in [1.54, 1.807) is 18.3 Å². The van der Waals surface area contributed by atoms with E-state index in [1.165, 1.54) is 4.68 Å². The Morgan fingerprint density at radius 2 is 1.85 bits per heavy atom. The van der Waals surface area contributed by atoms with Gasteiger partial charge in [0.25, 0.3) is 5.56 Å². The fraction of sp³-hybridized carbons (Fsp3) is 0.120. The molecule has 0 spiro atoms. The topological polar surface area (TPSA) is 80.3 Å². The maximum atomic E-state index is 13.1. The van der Waals surface area contributed by atoms with Gasteiger partial charge in [0.15, 0.2) is 0 Å². The van der Waals surface area contributed by atoms with E-state index in [4.69, 9.17) is 4.74 Å². The van der Waals surface area contributed by atoms with Gasteiger partial charge in [-0.05, 0) is 73.8 Å². The fourth-order valence-electron chi connectivity index (χ4n) is 3.36. The molecule has 0 atom stereocenters. The number of aromatic nitrogens is 2. The zero-order chi connectivity index (χ0) is 24.2. The molecule has 0 fully saturated rings. The molecular weight excluding hydrogens is 628 g/mol. The second-order valence-electron chi connectivity index (χ2n) is 7.28. The van der Waals surface area contributed by atoms with Crippen LogP contribution in [0, 0.1) is 11.3 Å². The highest BCUT2D eigenvalue weighted by Crippen LogP contribution is 2.35. The summed E-state index contributed by atoms with van der Waals surface area (Å²) < 4.78 is 9.53. The maximum Gasteiger partial charge on any atom is 0.282 e. The highest BCUT2D eigenvalue weighted by Gasteiger charge is 2.12. The van der Waals surface area contributed by atoms with E-state index in [0.29, 0.717) is 43.4 Å². The van der Waals surface area contributed by atoms with Crippen molar-refractivity contribution in [3.63, 3.8) is 0 Å². The van der Waals surface area contributed by atoms with E-state index in [9.17, 15) is 10.1 Å². The van der Waals surface area contributed by atoms with Crippen LogP contribution in [-0.2, 0) is 13.0 Å². The lowest BCUT2D eigenvalue weighted by molar-refractivity contribution is 0.302.